The van der Waals surface area contributed by atoms with Gasteiger partial charge in [-0.2, -0.15) is 0 Å². The first kappa shape index (κ1) is 16.3. The van der Waals surface area contributed by atoms with Crippen molar-refractivity contribution in [2.45, 2.75) is 26.3 Å². The molecule has 0 aliphatic carbocycles. The lowest BCUT2D eigenvalue weighted by Gasteiger charge is -2.13. The zero-order valence-corrected chi connectivity index (χ0v) is 12.5. The third kappa shape index (κ3) is 4.74. The zero-order chi connectivity index (χ0) is 15.1. The second-order valence-corrected chi connectivity index (χ2v) is 4.73. The molecular formula is C14H18ClNO4. The number of ether oxygens (including phenoxy) is 2. The van der Waals surface area contributed by atoms with Crippen molar-refractivity contribution in [2.75, 3.05) is 13.7 Å². The van der Waals surface area contributed by atoms with Gasteiger partial charge in [-0.1, -0.05) is 18.5 Å². The minimum atomic E-state index is -0.565. The van der Waals surface area contributed by atoms with Crippen LogP contribution in [0.1, 0.15) is 30.6 Å². The molecule has 1 amide bonds. The molecule has 0 aromatic heterocycles. The molecular weight excluding hydrogens is 282 g/mol. The van der Waals surface area contributed by atoms with Crippen LogP contribution in [-0.2, 0) is 9.53 Å². The van der Waals surface area contributed by atoms with E-state index in [0.29, 0.717) is 5.02 Å². The van der Waals surface area contributed by atoms with Gasteiger partial charge in [0.2, 0.25) is 0 Å². The summed E-state index contributed by atoms with van der Waals surface area (Å²) < 4.78 is 9.99. The minimum absolute atomic E-state index is 0.0800. The molecule has 0 aliphatic rings. The number of hydrogen-bond donors (Lipinski definition) is 1. The lowest BCUT2D eigenvalue weighted by atomic mass is 10.2. The molecule has 110 valence electrons. The van der Waals surface area contributed by atoms with Crippen molar-refractivity contribution in [3.8, 4) is 5.75 Å². The van der Waals surface area contributed by atoms with Crippen LogP contribution in [0.4, 0.5) is 0 Å². The molecule has 1 atom stereocenters. The average Bonchev–Trinajstić information content (AvgIpc) is 2.44. The lowest BCUT2D eigenvalue weighted by Crippen LogP contribution is -2.35. The molecule has 0 fully saturated rings. The Morgan fingerprint density at radius 3 is 2.70 bits per heavy atom. The van der Waals surface area contributed by atoms with Gasteiger partial charge in [0, 0.05) is 11.1 Å². The van der Waals surface area contributed by atoms with E-state index in [2.05, 4.69) is 10.1 Å². The molecule has 0 radical (unpaired) electrons. The van der Waals surface area contributed by atoms with Crippen molar-refractivity contribution in [1.29, 1.82) is 0 Å². The van der Waals surface area contributed by atoms with Crippen LogP contribution >= 0.6 is 11.6 Å². The number of carbonyl (C=O) groups is 2. The Hall–Kier alpha value is -1.75. The van der Waals surface area contributed by atoms with Gasteiger partial charge >= 0.3 is 5.97 Å². The summed E-state index contributed by atoms with van der Waals surface area (Å²) in [4.78, 5) is 23.2. The summed E-state index contributed by atoms with van der Waals surface area (Å²) in [7, 11) is 1.27. The van der Waals surface area contributed by atoms with Gasteiger partial charge in [0.05, 0.1) is 7.11 Å². The number of esters is 1. The first-order chi connectivity index (χ1) is 9.47. The Morgan fingerprint density at radius 1 is 1.40 bits per heavy atom. The van der Waals surface area contributed by atoms with Crippen molar-refractivity contribution in [3.05, 3.63) is 28.8 Å². The highest BCUT2D eigenvalue weighted by Gasteiger charge is 2.15. The van der Waals surface area contributed by atoms with Crippen LogP contribution in [0.5, 0.6) is 5.75 Å². The molecule has 0 spiro atoms. The van der Waals surface area contributed by atoms with Crippen molar-refractivity contribution >= 4 is 23.5 Å². The van der Waals surface area contributed by atoms with E-state index >= 15 is 0 Å². The molecule has 0 saturated heterocycles. The number of amides is 1. The second kappa shape index (κ2) is 7.75. The number of benzene rings is 1. The topological polar surface area (TPSA) is 64.6 Å². The van der Waals surface area contributed by atoms with Crippen molar-refractivity contribution in [3.63, 3.8) is 0 Å². The molecule has 0 aliphatic heterocycles. The second-order valence-electron chi connectivity index (χ2n) is 4.30. The standard InChI is InChI=1S/C14H18ClNO4/c1-4-9(2)16-13(17)8-20-12-6-5-10(15)7-11(12)14(18)19-3/h5-7,9H,4,8H2,1-3H3,(H,16,17). The smallest absolute Gasteiger partial charge is 0.341 e. The van der Waals surface area contributed by atoms with E-state index in [4.69, 9.17) is 16.3 Å². The van der Waals surface area contributed by atoms with Crippen molar-refractivity contribution < 1.29 is 19.1 Å². The number of methoxy groups -OCH3 is 1. The first-order valence-electron chi connectivity index (χ1n) is 6.28. The van der Waals surface area contributed by atoms with Crippen LogP contribution in [0.25, 0.3) is 0 Å². The van der Waals surface area contributed by atoms with E-state index < -0.39 is 5.97 Å². The number of nitrogens with one attached hydrogen (secondary N) is 1. The van der Waals surface area contributed by atoms with Crippen molar-refractivity contribution in [1.82, 2.24) is 5.32 Å². The fourth-order valence-electron chi connectivity index (χ4n) is 1.46. The van der Waals surface area contributed by atoms with Crippen LogP contribution in [0, 0.1) is 0 Å². The predicted molar refractivity (Wildman–Crippen MR) is 76.2 cm³/mol. The monoisotopic (exact) mass is 299 g/mol. The molecule has 20 heavy (non-hydrogen) atoms. The third-order valence-corrected chi connectivity index (χ3v) is 2.96. The van der Waals surface area contributed by atoms with E-state index in [1.807, 2.05) is 13.8 Å². The summed E-state index contributed by atoms with van der Waals surface area (Å²) in [6, 6.07) is 4.63. The van der Waals surface area contributed by atoms with Crippen LogP contribution in [0.15, 0.2) is 18.2 Å². The maximum absolute atomic E-state index is 11.6. The summed E-state index contributed by atoms with van der Waals surface area (Å²) in [5, 5.41) is 3.16. The highest BCUT2D eigenvalue weighted by molar-refractivity contribution is 6.31. The molecule has 0 bridgehead atoms. The lowest BCUT2D eigenvalue weighted by molar-refractivity contribution is -0.123. The van der Waals surface area contributed by atoms with Gasteiger partial charge in [0.1, 0.15) is 11.3 Å². The molecule has 0 heterocycles. The number of rotatable bonds is 6. The molecule has 1 rings (SSSR count). The van der Waals surface area contributed by atoms with Gasteiger partial charge in [-0.15, -0.1) is 0 Å². The van der Waals surface area contributed by atoms with Gasteiger partial charge < -0.3 is 14.8 Å². The molecule has 0 saturated carbocycles. The van der Waals surface area contributed by atoms with E-state index in [-0.39, 0.29) is 29.9 Å². The Kier molecular flexibility index (Phi) is 6.31. The van der Waals surface area contributed by atoms with E-state index in [9.17, 15) is 9.59 Å². The van der Waals surface area contributed by atoms with Gasteiger partial charge in [0.15, 0.2) is 6.61 Å². The minimum Gasteiger partial charge on any atom is -0.483 e. The molecule has 1 aromatic rings. The average molecular weight is 300 g/mol. The van der Waals surface area contributed by atoms with Gasteiger partial charge in [-0.3, -0.25) is 4.79 Å². The fraction of sp³-hybridized carbons (Fsp3) is 0.429. The highest BCUT2D eigenvalue weighted by atomic mass is 35.5. The summed E-state index contributed by atoms with van der Waals surface area (Å²) in [6.07, 6.45) is 0.833. The van der Waals surface area contributed by atoms with Gasteiger partial charge in [-0.05, 0) is 31.5 Å². The van der Waals surface area contributed by atoms with Gasteiger partial charge in [0.25, 0.3) is 5.91 Å². The van der Waals surface area contributed by atoms with E-state index in [0.717, 1.165) is 6.42 Å². The normalized spacial score (nSPS) is 11.6. The van der Waals surface area contributed by atoms with Crippen LogP contribution in [-0.4, -0.2) is 31.6 Å². The number of carbonyl (C=O) groups excluding carboxylic acids is 2. The Morgan fingerprint density at radius 2 is 2.10 bits per heavy atom. The molecule has 1 N–H and O–H groups in total. The molecule has 6 heteroatoms. The Balaban J connectivity index is 2.72. The third-order valence-electron chi connectivity index (χ3n) is 2.73. The fourth-order valence-corrected chi connectivity index (χ4v) is 1.63. The largest absolute Gasteiger partial charge is 0.483 e. The van der Waals surface area contributed by atoms with Crippen LogP contribution in [0.2, 0.25) is 5.02 Å². The number of hydrogen-bond acceptors (Lipinski definition) is 4. The molecule has 1 unspecified atom stereocenters. The quantitative estimate of drug-likeness (QED) is 0.819. The first-order valence-corrected chi connectivity index (χ1v) is 6.65. The van der Waals surface area contributed by atoms with Crippen LogP contribution < -0.4 is 10.1 Å². The maximum atomic E-state index is 11.6. The van der Waals surface area contributed by atoms with E-state index in [1.165, 1.54) is 19.2 Å². The SMILES string of the molecule is CCC(C)NC(=O)COc1ccc(Cl)cc1C(=O)OC. The van der Waals surface area contributed by atoms with Gasteiger partial charge in [-0.25, -0.2) is 4.79 Å². The highest BCUT2D eigenvalue weighted by Crippen LogP contribution is 2.23. The summed E-state index contributed by atoms with van der Waals surface area (Å²) >= 11 is 5.83. The Bertz CT molecular complexity index is 490. The maximum Gasteiger partial charge on any atom is 0.341 e. The van der Waals surface area contributed by atoms with Crippen molar-refractivity contribution in [2.24, 2.45) is 0 Å². The predicted octanol–water partition coefficient (Wildman–Crippen LogP) is 2.42. The summed E-state index contributed by atoms with van der Waals surface area (Å²) in [5.74, 6) is -0.546. The summed E-state index contributed by atoms with van der Waals surface area (Å²) in [6.45, 7) is 3.70. The Labute approximate surface area is 123 Å². The van der Waals surface area contributed by atoms with E-state index in [1.54, 1.807) is 6.07 Å². The zero-order valence-electron chi connectivity index (χ0n) is 11.7. The number of halogens is 1. The van der Waals surface area contributed by atoms with Crippen LogP contribution in [0.3, 0.4) is 0 Å². The molecule has 1 aromatic carbocycles. The molecule has 5 nitrogen and oxygen atoms in total. The summed E-state index contributed by atoms with van der Waals surface area (Å²) in [5.41, 5.74) is 0.191.